The number of furan rings is 1. The van der Waals surface area contributed by atoms with Crippen LogP contribution < -0.4 is 5.73 Å². The van der Waals surface area contributed by atoms with Gasteiger partial charge in [0.15, 0.2) is 5.82 Å². The monoisotopic (exact) mass is 321 g/mol. The molecule has 19 heavy (non-hydrogen) atoms. The van der Waals surface area contributed by atoms with Crippen LogP contribution in [0.2, 0.25) is 0 Å². The predicted octanol–water partition coefficient (Wildman–Crippen LogP) is 1.96. The molecule has 0 radical (unpaired) electrons. The average Bonchev–Trinajstić information content (AvgIpc) is 2.96. The highest BCUT2D eigenvalue weighted by molar-refractivity contribution is 9.10. The molecule has 7 heteroatoms. The second kappa shape index (κ2) is 4.75. The maximum atomic E-state index is 6.12. The second-order valence-corrected chi connectivity index (χ2v) is 5.17. The fraction of sp³-hybridized carbons (Fsp3) is 0.250. The summed E-state index contributed by atoms with van der Waals surface area (Å²) in [6.07, 6.45) is 0.491. The Morgan fingerprint density at radius 2 is 2.32 bits per heavy atom. The molecular formula is C12H12BrN5O. The van der Waals surface area contributed by atoms with Gasteiger partial charge in [-0.1, -0.05) is 12.1 Å². The number of nitrogens with two attached hydrogens (primary N) is 1. The summed E-state index contributed by atoms with van der Waals surface area (Å²) in [5, 5.41) is 12.8. The summed E-state index contributed by atoms with van der Waals surface area (Å²) in [6.45, 7) is 0. The van der Waals surface area contributed by atoms with Crippen molar-refractivity contribution < 1.29 is 4.42 Å². The smallest absolute Gasteiger partial charge is 0.176 e. The van der Waals surface area contributed by atoms with E-state index in [-0.39, 0.29) is 6.04 Å². The van der Waals surface area contributed by atoms with E-state index in [1.54, 1.807) is 7.05 Å². The van der Waals surface area contributed by atoms with Crippen LogP contribution in [-0.2, 0) is 13.5 Å². The van der Waals surface area contributed by atoms with Gasteiger partial charge in [-0.2, -0.15) is 4.80 Å². The standard InChI is InChI=1S/C12H12BrN5O/c1-18-16-11(15-17-18)6-9(14)10-5-7-3-2-4-8(13)12(7)19-10/h2-5,9H,6,14H2,1H3. The van der Waals surface area contributed by atoms with Gasteiger partial charge in [0.05, 0.1) is 17.6 Å². The van der Waals surface area contributed by atoms with Gasteiger partial charge in [-0.25, -0.2) is 0 Å². The number of aromatic nitrogens is 4. The highest BCUT2D eigenvalue weighted by Crippen LogP contribution is 2.29. The van der Waals surface area contributed by atoms with Gasteiger partial charge in [-0.15, -0.1) is 10.2 Å². The van der Waals surface area contributed by atoms with E-state index < -0.39 is 0 Å². The van der Waals surface area contributed by atoms with Crippen LogP contribution in [0.1, 0.15) is 17.6 Å². The number of halogens is 1. The largest absolute Gasteiger partial charge is 0.458 e. The third-order valence-electron chi connectivity index (χ3n) is 2.83. The maximum Gasteiger partial charge on any atom is 0.176 e. The Morgan fingerprint density at radius 1 is 1.47 bits per heavy atom. The molecule has 0 amide bonds. The quantitative estimate of drug-likeness (QED) is 0.797. The van der Waals surface area contributed by atoms with E-state index in [0.29, 0.717) is 18.0 Å². The summed E-state index contributed by atoms with van der Waals surface area (Å²) < 4.78 is 6.70. The van der Waals surface area contributed by atoms with Crippen LogP contribution in [0.4, 0.5) is 0 Å². The number of para-hydroxylation sites is 1. The molecule has 0 saturated heterocycles. The van der Waals surface area contributed by atoms with E-state index in [4.69, 9.17) is 10.2 Å². The first kappa shape index (κ1) is 12.3. The van der Waals surface area contributed by atoms with E-state index in [1.165, 1.54) is 4.80 Å². The Morgan fingerprint density at radius 3 is 3.00 bits per heavy atom. The number of hydrogen-bond donors (Lipinski definition) is 1. The Hall–Kier alpha value is -1.73. The molecule has 2 N–H and O–H groups in total. The Labute approximate surface area is 117 Å². The van der Waals surface area contributed by atoms with E-state index in [1.807, 2.05) is 24.3 Å². The van der Waals surface area contributed by atoms with Crippen molar-refractivity contribution in [2.24, 2.45) is 12.8 Å². The van der Waals surface area contributed by atoms with Crippen LogP contribution in [0.25, 0.3) is 11.0 Å². The third kappa shape index (κ3) is 2.39. The van der Waals surface area contributed by atoms with Gasteiger partial charge in [0.1, 0.15) is 11.3 Å². The van der Waals surface area contributed by atoms with Crippen molar-refractivity contribution in [1.29, 1.82) is 0 Å². The molecule has 1 aromatic carbocycles. The van der Waals surface area contributed by atoms with Gasteiger partial charge >= 0.3 is 0 Å². The molecule has 0 bridgehead atoms. The molecule has 98 valence electrons. The van der Waals surface area contributed by atoms with Crippen LogP contribution in [0.5, 0.6) is 0 Å². The maximum absolute atomic E-state index is 6.12. The number of aryl methyl sites for hydroxylation is 1. The fourth-order valence-corrected chi connectivity index (χ4v) is 2.39. The third-order valence-corrected chi connectivity index (χ3v) is 3.46. The van der Waals surface area contributed by atoms with Gasteiger partial charge < -0.3 is 10.2 Å². The number of tetrazole rings is 1. The average molecular weight is 322 g/mol. The van der Waals surface area contributed by atoms with Gasteiger partial charge in [0, 0.05) is 11.8 Å². The van der Waals surface area contributed by atoms with Crippen molar-refractivity contribution in [2.45, 2.75) is 12.5 Å². The number of fused-ring (bicyclic) bond motifs is 1. The molecule has 6 nitrogen and oxygen atoms in total. The van der Waals surface area contributed by atoms with E-state index >= 15 is 0 Å². The molecule has 1 atom stereocenters. The number of hydrogen-bond acceptors (Lipinski definition) is 5. The molecule has 0 fully saturated rings. The lowest BCUT2D eigenvalue weighted by Crippen LogP contribution is -2.13. The summed E-state index contributed by atoms with van der Waals surface area (Å²) in [5.74, 6) is 1.32. The Balaban J connectivity index is 1.89. The lowest BCUT2D eigenvalue weighted by Gasteiger charge is -2.04. The summed E-state index contributed by atoms with van der Waals surface area (Å²) in [5.41, 5.74) is 6.93. The normalized spacial score (nSPS) is 13.0. The van der Waals surface area contributed by atoms with Crippen molar-refractivity contribution in [2.75, 3.05) is 0 Å². The van der Waals surface area contributed by atoms with Crippen molar-refractivity contribution in [3.8, 4) is 0 Å². The van der Waals surface area contributed by atoms with Gasteiger partial charge in [0.25, 0.3) is 0 Å². The lowest BCUT2D eigenvalue weighted by molar-refractivity contribution is 0.487. The van der Waals surface area contributed by atoms with Crippen LogP contribution in [0, 0.1) is 0 Å². The van der Waals surface area contributed by atoms with E-state index in [9.17, 15) is 0 Å². The van der Waals surface area contributed by atoms with Crippen LogP contribution >= 0.6 is 15.9 Å². The summed E-state index contributed by atoms with van der Waals surface area (Å²) >= 11 is 3.46. The van der Waals surface area contributed by atoms with E-state index in [0.717, 1.165) is 15.4 Å². The zero-order valence-corrected chi connectivity index (χ0v) is 11.8. The molecule has 0 saturated carbocycles. The molecule has 3 aromatic rings. The van der Waals surface area contributed by atoms with Crippen molar-refractivity contribution in [1.82, 2.24) is 20.2 Å². The van der Waals surface area contributed by atoms with E-state index in [2.05, 4.69) is 31.3 Å². The number of benzene rings is 1. The molecule has 0 spiro atoms. The molecule has 2 heterocycles. The first-order valence-electron chi connectivity index (χ1n) is 5.80. The number of rotatable bonds is 3. The van der Waals surface area contributed by atoms with Crippen molar-refractivity contribution in [3.63, 3.8) is 0 Å². The first-order valence-corrected chi connectivity index (χ1v) is 6.59. The molecule has 3 rings (SSSR count). The Bertz CT molecular complexity index is 720. The highest BCUT2D eigenvalue weighted by atomic mass is 79.9. The minimum Gasteiger partial charge on any atom is -0.458 e. The predicted molar refractivity (Wildman–Crippen MR) is 73.3 cm³/mol. The molecule has 0 aliphatic carbocycles. The topological polar surface area (TPSA) is 82.8 Å². The zero-order chi connectivity index (χ0) is 13.4. The van der Waals surface area contributed by atoms with Gasteiger partial charge in [0.2, 0.25) is 0 Å². The molecule has 0 aliphatic heterocycles. The molecule has 1 unspecified atom stereocenters. The zero-order valence-electron chi connectivity index (χ0n) is 10.2. The minimum atomic E-state index is -0.288. The molecule has 0 aliphatic rings. The highest BCUT2D eigenvalue weighted by Gasteiger charge is 2.16. The lowest BCUT2D eigenvalue weighted by atomic mass is 10.1. The Kier molecular flexibility index (Phi) is 3.08. The first-order chi connectivity index (χ1) is 9.13. The van der Waals surface area contributed by atoms with Crippen LogP contribution in [-0.4, -0.2) is 20.2 Å². The van der Waals surface area contributed by atoms with Crippen molar-refractivity contribution >= 4 is 26.9 Å². The summed E-state index contributed by atoms with van der Waals surface area (Å²) in [7, 11) is 1.72. The fourth-order valence-electron chi connectivity index (χ4n) is 1.93. The second-order valence-electron chi connectivity index (χ2n) is 4.31. The van der Waals surface area contributed by atoms with Gasteiger partial charge in [-0.05, 0) is 33.3 Å². The SMILES string of the molecule is Cn1nnc(CC(N)c2cc3cccc(Br)c3o2)n1. The molecule has 2 aromatic heterocycles. The van der Waals surface area contributed by atoms with Crippen molar-refractivity contribution in [3.05, 3.63) is 40.3 Å². The van der Waals surface area contributed by atoms with Crippen LogP contribution in [0.15, 0.2) is 33.2 Å². The summed E-state index contributed by atoms with van der Waals surface area (Å²) in [4.78, 5) is 1.41. The van der Waals surface area contributed by atoms with Crippen LogP contribution in [0.3, 0.4) is 0 Å². The van der Waals surface area contributed by atoms with Gasteiger partial charge in [-0.3, -0.25) is 0 Å². The summed E-state index contributed by atoms with van der Waals surface area (Å²) in [6, 6.07) is 7.54. The molecular weight excluding hydrogens is 310 g/mol. The number of nitrogens with zero attached hydrogens (tertiary/aromatic N) is 4. The minimum absolute atomic E-state index is 0.288.